The van der Waals surface area contributed by atoms with Crippen LogP contribution < -0.4 is 9.47 Å². The van der Waals surface area contributed by atoms with Gasteiger partial charge in [0.25, 0.3) is 0 Å². The highest BCUT2D eigenvalue weighted by molar-refractivity contribution is 5.73. The average Bonchev–Trinajstić information content (AvgIpc) is 2.94. The second-order valence-corrected chi connectivity index (χ2v) is 4.03. The largest absolute Gasteiger partial charge is 0.497 e. The summed E-state index contributed by atoms with van der Waals surface area (Å²) in [5.74, 6) is 0.397. The van der Waals surface area contributed by atoms with Crippen LogP contribution in [-0.2, 0) is 4.79 Å². The van der Waals surface area contributed by atoms with Gasteiger partial charge in [-0.3, -0.25) is 0 Å². The monoisotopic (exact) mass is 278 g/mol. The molecule has 0 radical (unpaired) electrons. The van der Waals surface area contributed by atoms with Crippen LogP contribution in [0.4, 0.5) is 0 Å². The summed E-state index contributed by atoms with van der Waals surface area (Å²) in [6.07, 6.45) is 0. The highest BCUT2D eigenvalue weighted by Gasteiger charge is 2.22. The third kappa shape index (κ3) is 2.40. The summed E-state index contributed by atoms with van der Waals surface area (Å²) in [7, 11) is 3.05. The first-order valence-electron chi connectivity index (χ1n) is 5.81. The summed E-state index contributed by atoms with van der Waals surface area (Å²) in [6, 6.07) is 4.24. The predicted molar refractivity (Wildman–Crippen MR) is 68.7 cm³/mol. The van der Waals surface area contributed by atoms with E-state index in [0.717, 1.165) is 0 Å². The molecule has 8 nitrogen and oxygen atoms in total. The molecule has 106 valence electrons. The van der Waals surface area contributed by atoms with Crippen molar-refractivity contribution in [2.24, 2.45) is 0 Å². The van der Waals surface area contributed by atoms with Crippen molar-refractivity contribution >= 4 is 5.97 Å². The van der Waals surface area contributed by atoms with Gasteiger partial charge in [0.2, 0.25) is 0 Å². The summed E-state index contributed by atoms with van der Waals surface area (Å²) >= 11 is 0. The third-order valence-electron chi connectivity index (χ3n) is 2.86. The second kappa shape index (κ2) is 5.55. The summed E-state index contributed by atoms with van der Waals surface area (Å²) < 4.78 is 11.6. The Labute approximate surface area is 114 Å². The molecule has 0 aliphatic carbocycles. The minimum Gasteiger partial charge on any atom is -0.497 e. The Balaban J connectivity index is 2.56. The quantitative estimate of drug-likeness (QED) is 0.870. The van der Waals surface area contributed by atoms with Gasteiger partial charge in [0.15, 0.2) is 11.9 Å². The lowest BCUT2D eigenvalue weighted by Gasteiger charge is -2.12. The Kier molecular flexibility index (Phi) is 3.83. The van der Waals surface area contributed by atoms with Gasteiger partial charge in [-0.05, 0) is 35.5 Å². The van der Waals surface area contributed by atoms with E-state index >= 15 is 0 Å². The number of aliphatic carboxylic acids is 1. The van der Waals surface area contributed by atoms with E-state index in [0.29, 0.717) is 22.9 Å². The van der Waals surface area contributed by atoms with Gasteiger partial charge >= 0.3 is 5.97 Å². The molecule has 0 bridgehead atoms. The Morgan fingerprint density at radius 3 is 2.70 bits per heavy atom. The molecule has 8 heteroatoms. The molecule has 0 spiro atoms. The number of carbonyl (C=O) groups is 1. The van der Waals surface area contributed by atoms with Crippen molar-refractivity contribution < 1.29 is 19.4 Å². The number of nitrogens with zero attached hydrogens (tertiary/aromatic N) is 4. The minimum absolute atomic E-state index is 0.302. The highest BCUT2D eigenvalue weighted by Crippen LogP contribution is 2.32. The predicted octanol–water partition coefficient (Wildman–Crippen LogP) is 1.00. The van der Waals surface area contributed by atoms with Gasteiger partial charge in [-0.1, -0.05) is 0 Å². The smallest absolute Gasteiger partial charge is 0.328 e. The standard InChI is InChI=1S/C12H14N4O4/c1-7(12(17)18)16-11(13-14-15-16)9-6-8(19-2)4-5-10(9)20-3/h4-7H,1-3H3,(H,17,18). The lowest BCUT2D eigenvalue weighted by atomic mass is 10.1. The lowest BCUT2D eigenvalue weighted by Crippen LogP contribution is -2.18. The van der Waals surface area contributed by atoms with Crippen LogP contribution in [0.3, 0.4) is 0 Å². The molecule has 0 amide bonds. The van der Waals surface area contributed by atoms with Crippen LogP contribution in [0.25, 0.3) is 11.4 Å². The molecule has 20 heavy (non-hydrogen) atoms. The Bertz CT molecular complexity index is 626. The van der Waals surface area contributed by atoms with Crippen LogP contribution in [0, 0.1) is 0 Å². The first-order chi connectivity index (χ1) is 9.58. The maximum absolute atomic E-state index is 11.1. The van der Waals surface area contributed by atoms with E-state index in [9.17, 15) is 4.79 Å². The van der Waals surface area contributed by atoms with Crippen molar-refractivity contribution in [1.29, 1.82) is 0 Å². The van der Waals surface area contributed by atoms with Crippen molar-refractivity contribution in [2.45, 2.75) is 13.0 Å². The molecule has 1 heterocycles. The Morgan fingerprint density at radius 1 is 1.35 bits per heavy atom. The molecule has 2 aromatic rings. The molecule has 2 rings (SSSR count). The van der Waals surface area contributed by atoms with Crippen molar-refractivity contribution in [3.8, 4) is 22.9 Å². The van der Waals surface area contributed by atoms with Crippen LogP contribution in [0.2, 0.25) is 0 Å². The molecule has 0 aliphatic heterocycles. The number of benzene rings is 1. The van der Waals surface area contributed by atoms with Gasteiger partial charge in [-0.2, -0.15) is 0 Å². The Morgan fingerprint density at radius 2 is 2.10 bits per heavy atom. The molecule has 0 fully saturated rings. The first kappa shape index (κ1) is 13.8. The van der Waals surface area contributed by atoms with Gasteiger partial charge in [-0.25, -0.2) is 9.48 Å². The second-order valence-electron chi connectivity index (χ2n) is 4.03. The molecule has 1 atom stereocenters. The van der Waals surface area contributed by atoms with Crippen molar-refractivity contribution in [1.82, 2.24) is 20.2 Å². The number of tetrazole rings is 1. The van der Waals surface area contributed by atoms with Crippen LogP contribution in [0.15, 0.2) is 18.2 Å². The normalized spacial score (nSPS) is 11.9. The Hall–Kier alpha value is -2.64. The van der Waals surface area contributed by atoms with E-state index in [1.807, 2.05) is 0 Å². The zero-order valence-corrected chi connectivity index (χ0v) is 11.3. The number of carboxylic acids is 1. The molecular weight excluding hydrogens is 264 g/mol. The number of methoxy groups -OCH3 is 2. The summed E-state index contributed by atoms with van der Waals surface area (Å²) in [5.41, 5.74) is 0.560. The van der Waals surface area contributed by atoms with Crippen molar-refractivity contribution in [3.63, 3.8) is 0 Å². The number of hydrogen-bond acceptors (Lipinski definition) is 6. The first-order valence-corrected chi connectivity index (χ1v) is 5.81. The average molecular weight is 278 g/mol. The van der Waals surface area contributed by atoms with Gasteiger partial charge < -0.3 is 14.6 Å². The maximum atomic E-state index is 11.1. The number of ether oxygens (including phenoxy) is 2. The van der Waals surface area contributed by atoms with E-state index in [4.69, 9.17) is 14.6 Å². The number of hydrogen-bond donors (Lipinski definition) is 1. The number of aromatic nitrogens is 4. The van der Waals surface area contributed by atoms with Crippen molar-refractivity contribution in [2.75, 3.05) is 14.2 Å². The number of rotatable bonds is 5. The molecule has 1 unspecified atom stereocenters. The fraction of sp³-hybridized carbons (Fsp3) is 0.333. The van der Waals surface area contributed by atoms with Gasteiger partial charge in [0, 0.05) is 0 Å². The van der Waals surface area contributed by atoms with Crippen LogP contribution >= 0.6 is 0 Å². The SMILES string of the molecule is COc1ccc(OC)c(-c2nnnn2C(C)C(=O)O)c1. The molecule has 1 aromatic carbocycles. The van der Waals surface area contributed by atoms with Crippen LogP contribution in [0.5, 0.6) is 11.5 Å². The molecule has 1 N–H and O–H groups in total. The molecular formula is C12H14N4O4. The van der Waals surface area contributed by atoms with Gasteiger partial charge in [0.05, 0.1) is 19.8 Å². The summed E-state index contributed by atoms with van der Waals surface area (Å²) in [5, 5.41) is 20.2. The van der Waals surface area contributed by atoms with E-state index < -0.39 is 12.0 Å². The summed E-state index contributed by atoms with van der Waals surface area (Å²) in [6.45, 7) is 1.49. The zero-order valence-electron chi connectivity index (χ0n) is 11.3. The minimum atomic E-state index is -1.03. The third-order valence-corrected chi connectivity index (χ3v) is 2.86. The van der Waals surface area contributed by atoms with E-state index in [1.165, 1.54) is 25.8 Å². The van der Waals surface area contributed by atoms with E-state index in [2.05, 4.69) is 15.5 Å². The van der Waals surface area contributed by atoms with Crippen LogP contribution in [-0.4, -0.2) is 45.5 Å². The fourth-order valence-electron chi connectivity index (χ4n) is 1.73. The van der Waals surface area contributed by atoms with Gasteiger partial charge in [-0.15, -0.1) is 5.10 Å². The zero-order chi connectivity index (χ0) is 14.7. The maximum Gasteiger partial charge on any atom is 0.328 e. The molecule has 0 aliphatic rings. The fourth-order valence-corrected chi connectivity index (χ4v) is 1.73. The highest BCUT2D eigenvalue weighted by atomic mass is 16.5. The topological polar surface area (TPSA) is 99.4 Å². The summed E-state index contributed by atoms with van der Waals surface area (Å²) in [4.78, 5) is 11.1. The lowest BCUT2D eigenvalue weighted by molar-refractivity contribution is -0.140. The van der Waals surface area contributed by atoms with Gasteiger partial charge in [0.1, 0.15) is 11.5 Å². The van der Waals surface area contributed by atoms with Crippen molar-refractivity contribution in [3.05, 3.63) is 18.2 Å². The number of carboxylic acid groups (broad SMARTS) is 1. The van der Waals surface area contributed by atoms with E-state index in [-0.39, 0.29) is 0 Å². The van der Waals surface area contributed by atoms with E-state index in [1.54, 1.807) is 18.2 Å². The van der Waals surface area contributed by atoms with Crippen LogP contribution in [0.1, 0.15) is 13.0 Å². The molecule has 0 saturated heterocycles. The molecule has 1 aromatic heterocycles. The molecule has 0 saturated carbocycles.